The van der Waals surface area contributed by atoms with Gasteiger partial charge in [-0.3, -0.25) is 5.10 Å². The number of halogens is 1. The number of H-pyrrole nitrogens is 1. The highest BCUT2D eigenvalue weighted by atomic mass is 32.2. The molecule has 0 saturated heterocycles. The second-order valence-corrected chi connectivity index (χ2v) is 7.52. The molecule has 1 aromatic carbocycles. The Kier molecular flexibility index (Phi) is 5.62. The molecule has 1 aliphatic rings. The molecule has 3 aromatic rings. The lowest BCUT2D eigenvalue weighted by molar-refractivity contribution is 0.454. The SMILES string of the molecule is Fc1ccc(Oc2ccnc(Sc3n[nH]c(CCC4CCCC4)n3)n2)cc1. The molecule has 0 amide bonds. The molecule has 0 atom stereocenters. The van der Waals surface area contributed by atoms with Gasteiger partial charge in [0.25, 0.3) is 0 Å². The van der Waals surface area contributed by atoms with Crippen LogP contribution in [0.1, 0.15) is 37.9 Å². The van der Waals surface area contributed by atoms with Crippen molar-refractivity contribution in [2.24, 2.45) is 5.92 Å². The smallest absolute Gasteiger partial charge is 0.223 e. The number of ether oxygens (including phenoxy) is 1. The predicted octanol–water partition coefficient (Wildman–Crippen LogP) is 4.80. The predicted molar refractivity (Wildman–Crippen MR) is 99.3 cm³/mol. The normalized spacial score (nSPS) is 14.6. The summed E-state index contributed by atoms with van der Waals surface area (Å²) >= 11 is 1.28. The van der Waals surface area contributed by atoms with Crippen LogP contribution in [0.5, 0.6) is 11.6 Å². The fourth-order valence-electron chi connectivity index (χ4n) is 3.21. The largest absolute Gasteiger partial charge is 0.439 e. The highest BCUT2D eigenvalue weighted by molar-refractivity contribution is 7.99. The van der Waals surface area contributed by atoms with Gasteiger partial charge in [0.2, 0.25) is 11.0 Å². The van der Waals surface area contributed by atoms with Crippen molar-refractivity contribution in [3.05, 3.63) is 48.2 Å². The molecule has 0 spiro atoms. The van der Waals surface area contributed by atoms with Crippen LogP contribution in [0.4, 0.5) is 4.39 Å². The topological polar surface area (TPSA) is 76.6 Å². The van der Waals surface area contributed by atoms with Gasteiger partial charge >= 0.3 is 0 Å². The fourth-order valence-corrected chi connectivity index (χ4v) is 3.87. The monoisotopic (exact) mass is 385 g/mol. The average molecular weight is 385 g/mol. The summed E-state index contributed by atoms with van der Waals surface area (Å²) in [4.78, 5) is 13.1. The summed E-state index contributed by atoms with van der Waals surface area (Å²) in [5.41, 5.74) is 0. The Labute approximate surface area is 161 Å². The molecular formula is C19H20FN5OS. The second-order valence-electron chi connectivity index (χ2n) is 6.59. The summed E-state index contributed by atoms with van der Waals surface area (Å²) in [7, 11) is 0. The van der Waals surface area contributed by atoms with Crippen LogP contribution in [0.2, 0.25) is 0 Å². The van der Waals surface area contributed by atoms with Crippen molar-refractivity contribution >= 4 is 11.8 Å². The molecule has 1 aliphatic carbocycles. The van der Waals surface area contributed by atoms with E-state index in [9.17, 15) is 4.39 Å². The molecule has 8 heteroatoms. The molecule has 1 fully saturated rings. The van der Waals surface area contributed by atoms with E-state index in [0.717, 1.165) is 24.6 Å². The molecule has 2 heterocycles. The molecule has 6 nitrogen and oxygen atoms in total. The van der Waals surface area contributed by atoms with Crippen LogP contribution in [0, 0.1) is 11.7 Å². The number of hydrogen-bond donors (Lipinski definition) is 1. The number of nitrogens with zero attached hydrogens (tertiary/aromatic N) is 4. The van der Waals surface area contributed by atoms with Crippen LogP contribution < -0.4 is 4.74 Å². The van der Waals surface area contributed by atoms with Crippen LogP contribution in [0.3, 0.4) is 0 Å². The zero-order chi connectivity index (χ0) is 18.5. The van der Waals surface area contributed by atoms with Gasteiger partial charge in [0.05, 0.1) is 0 Å². The molecule has 1 N–H and O–H groups in total. The van der Waals surface area contributed by atoms with Gasteiger partial charge in [-0.25, -0.2) is 14.4 Å². The Morgan fingerprint density at radius 2 is 1.89 bits per heavy atom. The van der Waals surface area contributed by atoms with Gasteiger partial charge in [0.1, 0.15) is 17.4 Å². The third kappa shape index (κ3) is 5.03. The van der Waals surface area contributed by atoms with Gasteiger partial charge < -0.3 is 4.74 Å². The van der Waals surface area contributed by atoms with Gasteiger partial charge in [-0.2, -0.15) is 4.98 Å². The number of aromatic amines is 1. The Hall–Kier alpha value is -2.48. The van der Waals surface area contributed by atoms with Crippen molar-refractivity contribution in [2.75, 3.05) is 0 Å². The van der Waals surface area contributed by atoms with Crippen molar-refractivity contribution in [1.82, 2.24) is 25.1 Å². The van der Waals surface area contributed by atoms with Crippen molar-refractivity contribution in [2.45, 2.75) is 48.8 Å². The Morgan fingerprint density at radius 1 is 1.07 bits per heavy atom. The minimum Gasteiger partial charge on any atom is -0.439 e. The Balaban J connectivity index is 1.35. The third-order valence-electron chi connectivity index (χ3n) is 4.60. The first kappa shape index (κ1) is 17.9. The second kappa shape index (κ2) is 8.47. The van der Waals surface area contributed by atoms with E-state index >= 15 is 0 Å². The summed E-state index contributed by atoms with van der Waals surface area (Å²) in [6.45, 7) is 0. The lowest BCUT2D eigenvalue weighted by Crippen LogP contribution is -1.97. The molecular weight excluding hydrogens is 365 g/mol. The number of aryl methyl sites for hydroxylation is 1. The highest BCUT2D eigenvalue weighted by Gasteiger charge is 2.16. The first-order valence-electron chi connectivity index (χ1n) is 9.10. The minimum atomic E-state index is -0.311. The summed E-state index contributed by atoms with van der Waals surface area (Å²) < 4.78 is 18.6. The standard InChI is InChI=1S/C19H20FN5OS/c20-14-6-8-15(9-7-14)26-17-11-12-21-18(23-17)27-19-22-16(24-25-19)10-5-13-3-1-2-4-13/h6-9,11-13H,1-5,10H2,(H,22,24,25). The molecule has 1 saturated carbocycles. The quantitative estimate of drug-likeness (QED) is 0.589. The number of benzene rings is 1. The zero-order valence-corrected chi connectivity index (χ0v) is 15.6. The van der Waals surface area contributed by atoms with Crippen molar-refractivity contribution in [3.63, 3.8) is 0 Å². The summed E-state index contributed by atoms with van der Waals surface area (Å²) in [6, 6.07) is 7.44. The first-order valence-corrected chi connectivity index (χ1v) is 9.92. The number of rotatable bonds is 7. The fraction of sp³-hybridized carbons (Fsp3) is 0.368. The van der Waals surface area contributed by atoms with Gasteiger partial charge in [-0.05, 0) is 48.4 Å². The first-order chi connectivity index (χ1) is 13.2. The maximum Gasteiger partial charge on any atom is 0.223 e. The van der Waals surface area contributed by atoms with Crippen LogP contribution in [0.25, 0.3) is 0 Å². The van der Waals surface area contributed by atoms with Crippen LogP contribution >= 0.6 is 11.8 Å². The number of aromatic nitrogens is 5. The van der Waals surface area contributed by atoms with E-state index in [4.69, 9.17) is 4.74 Å². The number of hydrogen-bond acceptors (Lipinski definition) is 6. The maximum absolute atomic E-state index is 13.0. The van der Waals surface area contributed by atoms with E-state index in [2.05, 4.69) is 25.1 Å². The van der Waals surface area contributed by atoms with Crippen molar-refractivity contribution < 1.29 is 9.13 Å². The zero-order valence-electron chi connectivity index (χ0n) is 14.8. The van der Waals surface area contributed by atoms with Crippen LogP contribution in [-0.4, -0.2) is 25.1 Å². The third-order valence-corrected chi connectivity index (χ3v) is 5.35. The molecule has 27 heavy (non-hydrogen) atoms. The summed E-state index contributed by atoms with van der Waals surface area (Å²) in [6.07, 6.45) is 9.09. The van der Waals surface area contributed by atoms with E-state index in [1.165, 1.54) is 49.6 Å². The lowest BCUT2D eigenvalue weighted by atomic mass is 10.0. The molecule has 0 aliphatic heterocycles. The maximum atomic E-state index is 13.0. The lowest BCUT2D eigenvalue weighted by Gasteiger charge is -2.05. The highest BCUT2D eigenvalue weighted by Crippen LogP contribution is 2.29. The van der Waals surface area contributed by atoms with E-state index in [-0.39, 0.29) is 5.82 Å². The summed E-state index contributed by atoms with van der Waals surface area (Å²) in [5.74, 6) is 2.32. The van der Waals surface area contributed by atoms with E-state index in [1.807, 2.05) is 0 Å². The molecule has 4 rings (SSSR count). The molecule has 0 radical (unpaired) electrons. The van der Waals surface area contributed by atoms with E-state index in [0.29, 0.717) is 21.9 Å². The average Bonchev–Trinajstić information content (AvgIpc) is 3.34. The molecule has 0 bridgehead atoms. The van der Waals surface area contributed by atoms with Crippen molar-refractivity contribution in [3.8, 4) is 11.6 Å². The van der Waals surface area contributed by atoms with Gasteiger partial charge in [0, 0.05) is 18.7 Å². The minimum absolute atomic E-state index is 0.311. The van der Waals surface area contributed by atoms with Crippen LogP contribution in [0.15, 0.2) is 46.8 Å². The van der Waals surface area contributed by atoms with Crippen LogP contribution in [-0.2, 0) is 6.42 Å². The summed E-state index contributed by atoms with van der Waals surface area (Å²) in [5, 5.41) is 8.34. The van der Waals surface area contributed by atoms with Gasteiger partial charge in [0.15, 0.2) is 5.16 Å². The molecule has 0 unspecified atom stereocenters. The van der Waals surface area contributed by atoms with Gasteiger partial charge in [-0.15, -0.1) is 5.10 Å². The number of nitrogens with one attached hydrogen (secondary N) is 1. The molecule has 140 valence electrons. The van der Waals surface area contributed by atoms with E-state index < -0.39 is 0 Å². The van der Waals surface area contributed by atoms with E-state index in [1.54, 1.807) is 24.4 Å². The Morgan fingerprint density at radius 3 is 2.70 bits per heavy atom. The Bertz CT molecular complexity index is 880. The van der Waals surface area contributed by atoms with Crippen molar-refractivity contribution in [1.29, 1.82) is 0 Å². The van der Waals surface area contributed by atoms with Gasteiger partial charge in [-0.1, -0.05) is 25.7 Å². The molecule has 2 aromatic heterocycles.